The lowest BCUT2D eigenvalue weighted by Crippen LogP contribution is -2.04. The second-order valence-electron chi connectivity index (χ2n) is 3.23. The Balaban J connectivity index is 2.45. The molecule has 0 aliphatic carbocycles. The summed E-state index contributed by atoms with van der Waals surface area (Å²) in [5, 5.41) is 0. The van der Waals surface area contributed by atoms with Gasteiger partial charge in [-0.1, -0.05) is 11.3 Å². The third kappa shape index (κ3) is 1.80. The molecule has 0 aliphatic heterocycles. The molecule has 0 saturated heterocycles. The molecule has 1 heterocycles. The summed E-state index contributed by atoms with van der Waals surface area (Å²) >= 11 is 1.10. The van der Waals surface area contributed by atoms with E-state index in [4.69, 9.17) is 9.15 Å². The summed E-state index contributed by atoms with van der Waals surface area (Å²) in [6.07, 6.45) is 0.123. The highest BCUT2D eigenvalue weighted by atomic mass is 32.1. The fraction of sp³-hybridized carbons (Fsp3) is 0.300. The number of rotatable bonds is 2. The Morgan fingerprint density at radius 1 is 1.43 bits per heavy atom. The molecule has 14 heavy (non-hydrogen) atoms. The van der Waals surface area contributed by atoms with Gasteiger partial charge in [-0.25, -0.2) is 4.79 Å². The van der Waals surface area contributed by atoms with E-state index in [0.29, 0.717) is 5.58 Å². The predicted molar refractivity (Wildman–Crippen MR) is 56.1 cm³/mol. The van der Waals surface area contributed by atoms with E-state index < -0.39 is 0 Å². The second-order valence-corrected chi connectivity index (χ2v) is 4.21. The minimum Gasteiger partial charge on any atom is -0.491 e. The third-order valence-electron chi connectivity index (χ3n) is 1.67. The Hall–Kier alpha value is -1.29. The minimum atomic E-state index is -0.276. The fourth-order valence-electron chi connectivity index (χ4n) is 1.20. The zero-order valence-corrected chi connectivity index (χ0v) is 8.76. The van der Waals surface area contributed by atoms with Gasteiger partial charge in [-0.15, -0.1) is 0 Å². The Kier molecular flexibility index (Phi) is 2.29. The maximum atomic E-state index is 10.9. The van der Waals surface area contributed by atoms with Crippen LogP contribution >= 0.6 is 11.3 Å². The van der Waals surface area contributed by atoms with Gasteiger partial charge in [0.2, 0.25) is 0 Å². The molecular formula is C10H10O3S. The van der Waals surface area contributed by atoms with Gasteiger partial charge in [0.25, 0.3) is 0 Å². The molecule has 2 rings (SSSR count). The second kappa shape index (κ2) is 3.46. The SMILES string of the molecule is CC(C)Oc1ccc2sc(=O)oc2c1. The fourth-order valence-corrected chi connectivity index (χ4v) is 1.85. The van der Waals surface area contributed by atoms with Gasteiger partial charge in [0.15, 0.2) is 5.58 Å². The summed E-state index contributed by atoms with van der Waals surface area (Å²) in [5.41, 5.74) is 0.596. The van der Waals surface area contributed by atoms with E-state index in [1.54, 1.807) is 6.07 Å². The van der Waals surface area contributed by atoms with Gasteiger partial charge >= 0.3 is 4.94 Å². The summed E-state index contributed by atoms with van der Waals surface area (Å²) in [6, 6.07) is 5.42. The monoisotopic (exact) mass is 210 g/mol. The van der Waals surface area contributed by atoms with Gasteiger partial charge in [0, 0.05) is 6.07 Å². The Labute approximate surface area is 84.9 Å². The number of hydrogen-bond donors (Lipinski definition) is 0. The summed E-state index contributed by atoms with van der Waals surface area (Å²) in [7, 11) is 0. The van der Waals surface area contributed by atoms with Crippen LogP contribution in [0.15, 0.2) is 27.4 Å². The molecule has 1 aromatic heterocycles. The molecule has 1 aromatic carbocycles. The lowest BCUT2D eigenvalue weighted by Gasteiger charge is -2.08. The van der Waals surface area contributed by atoms with Crippen molar-refractivity contribution in [3.63, 3.8) is 0 Å². The number of benzene rings is 1. The Morgan fingerprint density at radius 3 is 2.93 bits per heavy atom. The van der Waals surface area contributed by atoms with Crippen LogP contribution in [0.2, 0.25) is 0 Å². The van der Waals surface area contributed by atoms with E-state index in [0.717, 1.165) is 21.8 Å². The van der Waals surface area contributed by atoms with Crippen molar-refractivity contribution in [1.82, 2.24) is 0 Å². The summed E-state index contributed by atoms with van der Waals surface area (Å²) in [5.74, 6) is 0.731. The van der Waals surface area contributed by atoms with Crippen LogP contribution in [0.25, 0.3) is 10.3 Å². The molecule has 0 fully saturated rings. The summed E-state index contributed by atoms with van der Waals surface area (Å²) in [4.78, 5) is 10.7. The predicted octanol–water partition coefficient (Wildman–Crippen LogP) is 2.64. The van der Waals surface area contributed by atoms with Crippen LogP contribution in [0, 0.1) is 0 Å². The molecule has 0 saturated carbocycles. The first-order valence-corrected chi connectivity index (χ1v) is 5.17. The van der Waals surface area contributed by atoms with Crippen LogP contribution < -0.4 is 9.68 Å². The van der Waals surface area contributed by atoms with Crippen molar-refractivity contribution < 1.29 is 9.15 Å². The lowest BCUT2D eigenvalue weighted by molar-refractivity contribution is 0.242. The maximum absolute atomic E-state index is 10.9. The van der Waals surface area contributed by atoms with E-state index >= 15 is 0 Å². The average molecular weight is 210 g/mol. The van der Waals surface area contributed by atoms with E-state index in [9.17, 15) is 4.79 Å². The zero-order valence-electron chi connectivity index (χ0n) is 7.94. The molecule has 0 N–H and O–H groups in total. The molecule has 0 radical (unpaired) electrons. The zero-order chi connectivity index (χ0) is 10.1. The highest BCUT2D eigenvalue weighted by Crippen LogP contribution is 2.23. The van der Waals surface area contributed by atoms with Gasteiger partial charge in [-0.2, -0.15) is 0 Å². The molecule has 0 unspecified atom stereocenters. The molecule has 2 aromatic rings. The minimum absolute atomic E-state index is 0.123. The number of ether oxygens (including phenoxy) is 1. The standard InChI is InChI=1S/C10H10O3S/c1-6(2)12-7-3-4-9-8(5-7)13-10(11)14-9/h3-6H,1-2H3. The smallest absolute Gasteiger partial charge is 0.396 e. The van der Waals surface area contributed by atoms with Crippen LogP contribution in [0.3, 0.4) is 0 Å². The number of hydrogen-bond acceptors (Lipinski definition) is 4. The number of fused-ring (bicyclic) bond motifs is 1. The first kappa shape index (κ1) is 9.27. The Bertz CT molecular complexity index is 495. The van der Waals surface area contributed by atoms with Crippen molar-refractivity contribution in [3.8, 4) is 5.75 Å². The molecule has 0 bridgehead atoms. The molecular weight excluding hydrogens is 200 g/mol. The van der Waals surface area contributed by atoms with E-state index in [1.807, 2.05) is 26.0 Å². The highest BCUT2D eigenvalue weighted by Gasteiger charge is 2.04. The molecule has 0 aliphatic rings. The van der Waals surface area contributed by atoms with Crippen LogP contribution in [-0.2, 0) is 0 Å². The van der Waals surface area contributed by atoms with Gasteiger partial charge < -0.3 is 9.15 Å². The molecule has 4 heteroatoms. The van der Waals surface area contributed by atoms with Crippen molar-refractivity contribution >= 4 is 21.6 Å². The van der Waals surface area contributed by atoms with Gasteiger partial charge in [-0.3, -0.25) is 0 Å². The van der Waals surface area contributed by atoms with Crippen LogP contribution in [-0.4, -0.2) is 6.10 Å². The van der Waals surface area contributed by atoms with E-state index in [2.05, 4.69) is 0 Å². The topological polar surface area (TPSA) is 39.4 Å². The quantitative estimate of drug-likeness (QED) is 0.765. The lowest BCUT2D eigenvalue weighted by atomic mass is 10.3. The van der Waals surface area contributed by atoms with Gasteiger partial charge in [-0.05, 0) is 26.0 Å². The summed E-state index contributed by atoms with van der Waals surface area (Å²) in [6.45, 7) is 3.90. The van der Waals surface area contributed by atoms with Gasteiger partial charge in [0.1, 0.15) is 5.75 Å². The summed E-state index contributed by atoms with van der Waals surface area (Å²) < 4.78 is 11.3. The van der Waals surface area contributed by atoms with Crippen LogP contribution in [0.5, 0.6) is 5.75 Å². The molecule has 0 atom stereocenters. The average Bonchev–Trinajstić information content (AvgIpc) is 2.42. The van der Waals surface area contributed by atoms with Crippen molar-refractivity contribution in [1.29, 1.82) is 0 Å². The first-order valence-electron chi connectivity index (χ1n) is 4.35. The van der Waals surface area contributed by atoms with Gasteiger partial charge in [0.05, 0.1) is 10.8 Å². The van der Waals surface area contributed by atoms with E-state index in [1.165, 1.54) is 0 Å². The van der Waals surface area contributed by atoms with Crippen LogP contribution in [0.1, 0.15) is 13.8 Å². The van der Waals surface area contributed by atoms with Crippen molar-refractivity contribution in [2.24, 2.45) is 0 Å². The molecule has 0 spiro atoms. The van der Waals surface area contributed by atoms with Crippen molar-refractivity contribution in [2.45, 2.75) is 20.0 Å². The van der Waals surface area contributed by atoms with Crippen molar-refractivity contribution in [3.05, 3.63) is 27.9 Å². The molecule has 74 valence electrons. The molecule has 0 amide bonds. The third-order valence-corrected chi connectivity index (χ3v) is 2.48. The first-order chi connectivity index (χ1) is 6.65. The largest absolute Gasteiger partial charge is 0.491 e. The normalized spacial score (nSPS) is 11.1. The van der Waals surface area contributed by atoms with Crippen LogP contribution in [0.4, 0.5) is 0 Å². The molecule has 3 nitrogen and oxygen atoms in total. The highest BCUT2D eigenvalue weighted by molar-refractivity contribution is 7.16. The Morgan fingerprint density at radius 2 is 2.21 bits per heavy atom. The van der Waals surface area contributed by atoms with Crippen molar-refractivity contribution in [2.75, 3.05) is 0 Å². The maximum Gasteiger partial charge on any atom is 0.396 e. The van der Waals surface area contributed by atoms with E-state index in [-0.39, 0.29) is 11.0 Å².